The van der Waals surface area contributed by atoms with Gasteiger partial charge in [-0.15, -0.1) is 0 Å². The molecule has 0 saturated carbocycles. The van der Waals surface area contributed by atoms with Crippen LogP contribution in [0, 0.1) is 11.6 Å². The Bertz CT molecular complexity index is 671. The Morgan fingerprint density at radius 2 is 2.00 bits per heavy atom. The summed E-state index contributed by atoms with van der Waals surface area (Å²) in [5.74, 6) is -1.77. The van der Waals surface area contributed by atoms with E-state index in [0.29, 0.717) is 0 Å². The van der Waals surface area contributed by atoms with Gasteiger partial charge in [0.15, 0.2) is 9.84 Å². The van der Waals surface area contributed by atoms with E-state index in [2.05, 4.69) is 0 Å². The van der Waals surface area contributed by atoms with Crippen LogP contribution in [0.15, 0.2) is 18.2 Å². The van der Waals surface area contributed by atoms with Crippen molar-refractivity contribution >= 4 is 15.7 Å². The number of carbonyl (C=O) groups is 1. The van der Waals surface area contributed by atoms with Gasteiger partial charge in [0.2, 0.25) is 5.91 Å². The minimum atomic E-state index is -3.24. The molecule has 0 bridgehead atoms. The molecular formula is C14H17F2NO3S. The first kappa shape index (κ1) is 15.9. The standard InChI is InChI=1S/C14H17F2NO3S/c1-14(2)9-17(5-6-21(14,19)20)13(18)8-10-7-11(15)3-4-12(10)16/h3-4,7H,5-6,8-9H2,1-2H3. The number of carbonyl (C=O) groups excluding carboxylic acids is 1. The average Bonchev–Trinajstić information content (AvgIpc) is 2.37. The molecule has 0 spiro atoms. The van der Waals surface area contributed by atoms with Gasteiger partial charge in [-0.25, -0.2) is 17.2 Å². The van der Waals surface area contributed by atoms with Crippen LogP contribution in [0.3, 0.4) is 0 Å². The van der Waals surface area contributed by atoms with Crippen molar-refractivity contribution in [3.05, 3.63) is 35.4 Å². The van der Waals surface area contributed by atoms with Crippen LogP contribution in [0.1, 0.15) is 19.4 Å². The van der Waals surface area contributed by atoms with Gasteiger partial charge in [-0.2, -0.15) is 0 Å². The normalized spacial score (nSPS) is 20.3. The Kier molecular flexibility index (Phi) is 4.06. The van der Waals surface area contributed by atoms with Crippen molar-refractivity contribution in [1.29, 1.82) is 0 Å². The highest BCUT2D eigenvalue weighted by Gasteiger charge is 2.41. The number of hydrogen-bond donors (Lipinski definition) is 0. The van der Waals surface area contributed by atoms with Gasteiger partial charge in [-0.05, 0) is 32.0 Å². The van der Waals surface area contributed by atoms with Crippen LogP contribution < -0.4 is 0 Å². The summed E-state index contributed by atoms with van der Waals surface area (Å²) >= 11 is 0. The second kappa shape index (κ2) is 5.36. The fourth-order valence-electron chi connectivity index (χ4n) is 2.31. The third-order valence-corrected chi connectivity index (χ3v) is 6.28. The lowest BCUT2D eigenvalue weighted by Gasteiger charge is -2.37. The fourth-order valence-corrected chi connectivity index (χ4v) is 3.68. The molecule has 21 heavy (non-hydrogen) atoms. The molecule has 1 aromatic carbocycles. The molecule has 0 unspecified atom stereocenters. The first-order valence-corrected chi connectivity index (χ1v) is 8.22. The summed E-state index contributed by atoms with van der Waals surface area (Å²) in [6, 6.07) is 2.95. The van der Waals surface area contributed by atoms with Gasteiger partial charge < -0.3 is 4.90 Å². The lowest BCUT2D eigenvalue weighted by molar-refractivity contribution is -0.130. The number of nitrogens with zero attached hydrogens (tertiary/aromatic N) is 1. The number of hydrogen-bond acceptors (Lipinski definition) is 3. The Balaban J connectivity index is 2.13. The van der Waals surface area contributed by atoms with E-state index < -0.39 is 32.1 Å². The molecule has 1 fully saturated rings. The molecule has 2 rings (SSSR count). The minimum Gasteiger partial charge on any atom is -0.340 e. The average molecular weight is 317 g/mol. The molecule has 1 heterocycles. The van der Waals surface area contributed by atoms with E-state index in [9.17, 15) is 22.0 Å². The van der Waals surface area contributed by atoms with E-state index >= 15 is 0 Å². The summed E-state index contributed by atoms with van der Waals surface area (Å²) in [6.45, 7) is 3.27. The Morgan fingerprint density at radius 3 is 2.62 bits per heavy atom. The van der Waals surface area contributed by atoms with E-state index in [4.69, 9.17) is 0 Å². The molecule has 1 amide bonds. The second-order valence-corrected chi connectivity index (χ2v) is 8.55. The summed E-state index contributed by atoms with van der Waals surface area (Å²) in [4.78, 5) is 13.6. The van der Waals surface area contributed by atoms with Crippen LogP contribution in [0.5, 0.6) is 0 Å². The summed E-state index contributed by atoms with van der Waals surface area (Å²) in [5.41, 5.74) is -0.0220. The molecule has 7 heteroatoms. The third kappa shape index (κ3) is 3.23. The van der Waals surface area contributed by atoms with Crippen molar-refractivity contribution in [2.45, 2.75) is 25.0 Å². The van der Waals surface area contributed by atoms with Gasteiger partial charge in [0.25, 0.3) is 0 Å². The van der Waals surface area contributed by atoms with Crippen molar-refractivity contribution in [1.82, 2.24) is 4.90 Å². The fraction of sp³-hybridized carbons (Fsp3) is 0.500. The monoisotopic (exact) mass is 317 g/mol. The lowest BCUT2D eigenvalue weighted by atomic mass is 10.1. The highest BCUT2D eigenvalue weighted by Crippen LogP contribution is 2.24. The van der Waals surface area contributed by atoms with E-state index in [1.54, 1.807) is 13.8 Å². The van der Waals surface area contributed by atoms with E-state index in [1.165, 1.54) is 4.90 Å². The number of benzene rings is 1. The molecule has 0 aromatic heterocycles. The maximum atomic E-state index is 13.5. The molecular weight excluding hydrogens is 300 g/mol. The second-order valence-electron chi connectivity index (χ2n) is 5.81. The molecule has 1 aliphatic heterocycles. The van der Waals surface area contributed by atoms with Gasteiger partial charge >= 0.3 is 0 Å². The zero-order valence-electron chi connectivity index (χ0n) is 11.9. The lowest BCUT2D eigenvalue weighted by Crippen LogP contribution is -2.54. The Labute approximate surface area is 122 Å². The molecule has 0 atom stereocenters. The Morgan fingerprint density at radius 1 is 1.33 bits per heavy atom. The third-order valence-electron chi connectivity index (χ3n) is 3.75. The van der Waals surface area contributed by atoms with Crippen LogP contribution >= 0.6 is 0 Å². The van der Waals surface area contributed by atoms with Gasteiger partial charge in [-0.3, -0.25) is 4.79 Å². The van der Waals surface area contributed by atoms with Crippen molar-refractivity contribution in [3.63, 3.8) is 0 Å². The molecule has 0 radical (unpaired) electrons. The molecule has 0 aliphatic carbocycles. The van der Waals surface area contributed by atoms with Crippen LogP contribution in [-0.4, -0.2) is 42.8 Å². The summed E-state index contributed by atoms with van der Waals surface area (Å²) in [6.07, 6.45) is -0.278. The van der Waals surface area contributed by atoms with Gasteiger partial charge in [-0.1, -0.05) is 0 Å². The molecule has 1 aliphatic rings. The van der Waals surface area contributed by atoms with E-state index in [0.717, 1.165) is 18.2 Å². The Hall–Kier alpha value is -1.50. The number of amides is 1. The predicted octanol–water partition coefficient (Wildman–Crippen LogP) is 1.54. The first-order valence-electron chi connectivity index (χ1n) is 6.56. The highest BCUT2D eigenvalue weighted by molar-refractivity contribution is 7.92. The quantitative estimate of drug-likeness (QED) is 0.831. The van der Waals surface area contributed by atoms with Crippen LogP contribution in [0.25, 0.3) is 0 Å². The predicted molar refractivity (Wildman–Crippen MR) is 74.5 cm³/mol. The van der Waals surface area contributed by atoms with Gasteiger partial charge in [0.1, 0.15) is 11.6 Å². The SMILES string of the molecule is CC1(C)CN(C(=O)Cc2cc(F)ccc2F)CCS1(=O)=O. The number of halogens is 2. The van der Waals surface area contributed by atoms with Crippen LogP contribution in [0.4, 0.5) is 8.78 Å². The zero-order chi connectivity index (χ0) is 15.8. The largest absolute Gasteiger partial charge is 0.340 e. The van der Waals surface area contributed by atoms with Crippen molar-refractivity contribution in [2.24, 2.45) is 0 Å². The summed E-state index contributed by atoms with van der Waals surface area (Å²) in [7, 11) is -3.24. The highest BCUT2D eigenvalue weighted by atomic mass is 32.2. The van der Waals surface area contributed by atoms with Crippen LogP contribution in [0.2, 0.25) is 0 Å². The van der Waals surface area contributed by atoms with Crippen molar-refractivity contribution in [2.75, 3.05) is 18.8 Å². The molecule has 1 aromatic rings. The topological polar surface area (TPSA) is 54.5 Å². The van der Waals surface area contributed by atoms with Gasteiger partial charge in [0.05, 0.1) is 16.9 Å². The summed E-state index contributed by atoms with van der Waals surface area (Å²) in [5, 5.41) is 0. The smallest absolute Gasteiger partial charge is 0.227 e. The van der Waals surface area contributed by atoms with Crippen LogP contribution in [-0.2, 0) is 21.1 Å². The molecule has 0 N–H and O–H groups in total. The first-order chi connectivity index (χ1) is 9.62. The zero-order valence-corrected chi connectivity index (χ0v) is 12.7. The van der Waals surface area contributed by atoms with Gasteiger partial charge in [0, 0.05) is 18.7 Å². The molecule has 116 valence electrons. The molecule has 4 nitrogen and oxygen atoms in total. The maximum absolute atomic E-state index is 13.5. The van der Waals surface area contributed by atoms with E-state index in [1.807, 2.05) is 0 Å². The number of rotatable bonds is 2. The molecule has 1 saturated heterocycles. The summed E-state index contributed by atoms with van der Waals surface area (Å²) < 4.78 is 49.4. The van der Waals surface area contributed by atoms with E-state index in [-0.39, 0.29) is 30.8 Å². The minimum absolute atomic E-state index is 0.0220. The maximum Gasteiger partial charge on any atom is 0.227 e. The van der Waals surface area contributed by atoms with Crippen molar-refractivity contribution < 1.29 is 22.0 Å². The number of sulfone groups is 1. The van der Waals surface area contributed by atoms with Crippen molar-refractivity contribution in [3.8, 4) is 0 Å².